The Balaban J connectivity index is 1.89. The summed E-state index contributed by atoms with van der Waals surface area (Å²) in [7, 11) is 0. The van der Waals surface area contributed by atoms with Gasteiger partial charge >= 0.3 is 5.97 Å². The zero-order valence-corrected chi connectivity index (χ0v) is 11.2. The highest BCUT2D eigenvalue weighted by atomic mass is 16.5. The van der Waals surface area contributed by atoms with E-state index >= 15 is 0 Å². The van der Waals surface area contributed by atoms with Crippen molar-refractivity contribution in [2.45, 2.75) is 18.9 Å². The van der Waals surface area contributed by atoms with Crippen molar-refractivity contribution >= 4 is 11.9 Å². The molecule has 2 N–H and O–H groups in total. The minimum Gasteiger partial charge on any atom is -0.484 e. The third-order valence-corrected chi connectivity index (χ3v) is 3.20. The fourth-order valence-electron chi connectivity index (χ4n) is 1.97. The molecule has 1 unspecified atom stereocenters. The van der Waals surface area contributed by atoms with Gasteiger partial charge in [0.05, 0.1) is 6.61 Å². The van der Waals surface area contributed by atoms with Gasteiger partial charge in [-0.05, 0) is 19.1 Å². The third kappa shape index (κ3) is 3.27. The van der Waals surface area contributed by atoms with Crippen LogP contribution in [0.2, 0.25) is 0 Å². The van der Waals surface area contributed by atoms with Crippen LogP contribution in [0.1, 0.15) is 12.0 Å². The minimum absolute atomic E-state index is 0.0153. The average Bonchev–Trinajstić information content (AvgIpc) is 2.88. The molecule has 1 atom stereocenters. The van der Waals surface area contributed by atoms with Gasteiger partial charge in [0.25, 0.3) is 5.91 Å². The van der Waals surface area contributed by atoms with Gasteiger partial charge in [-0.25, -0.2) is 4.79 Å². The molecule has 1 saturated heterocycles. The van der Waals surface area contributed by atoms with Gasteiger partial charge < -0.3 is 19.9 Å². The molecule has 0 aromatic heterocycles. The van der Waals surface area contributed by atoms with E-state index in [2.05, 4.69) is 5.32 Å². The van der Waals surface area contributed by atoms with E-state index in [1.807, 2.05) is 19.1 Å². The molecule has 1 aliphatic rings. The summed E-state index contributed by atoms with van der Waals surface area (Å²) in [6.45, 7) is 2.04. The molecule has 0 saturated carbocycles. The number of hydrogen-bond acceptors (Lipinski definition) is 4. The Labute approximate surface area is 116 Å². The van der Waals surface area contributed by atoms with Crippen molar-refractivity contribution < 1.29 is 24.2 Å². The van der Waals surface area contributed by atoms with Crippen LogP contribution in [-0.2, 0) is 14.3 Å². The van der Waals surface area contributed by atoms with E-state index in [1.54, 1.807) is 12.1 Å². The first-order valence-electron chi connectivity index (χ1n) is 6.33. The largest absolute Gasteiger partial charge is 0.484 e. The first-order valence-corrected chi connectivity index (χ1v) is 6.33. The maximum atomic E-state index is 11.8. The van der Waals surface area contributed by atoms with Gasteiger partial charge in [-0.3, -0.25) is 4.79 Å². The zero-order valence-electron chi connectivity index (χ0n) is 11.2. The lowest BCUT2D eigenvalue weighted by molar-refractivity contribution is -0.148. The van der Waals surface area contributed by atoms with Crippen LogP contribution >= 0.6 is 0 Å². The number of aliphatic carboxylic acids is 1. The number of carboxylic acids is 1. The second-order valence-electron chi connectivity index (χ2n) is 4.84. The fraction of sp³-hybridized carbons (Fsp3) is 0.429. The van der Waals surface area contributed by atoms with Crippen molar-refractivity contribution in [3.63, 3.8) is 0 Å². The molecule has 6 nitrogen and oxygen atoms in total. The highest BCUT2D eigenvalue weighted by Gasteiger charge is 2.43. The summed E-state index contributed by atoms with van der Waals surface area (Å²) in [5, 5.41) is 11.7. The number of carbonyl (C=O) groups excluding carboxylic acids is 1. The van der Waals surface area contributed by atoms with Crippen molar-refractivity contribution in [1.29, 1.82) is 0 Å². The number of benzene rings is 1. The van der Waals surface area contributed by atoms with Gasteiger partial charge in [0.2, 0.25) is 0 Å². The summed E-state index contributed by atoms with van der Waals surface area (Å²) in [6.07, 6.45) is 0.263. The molecule has 2 rings (SSSR count). The molecule has 1 amide bonds. The van der Waals surface area contributed by atoms with Crippen LogP contribution in [0.4, 0.5) is 0 Å². The SMILES string of the molecule is Cc1ccc(OCC(=O)NC2(C(=O)O)CCOC2)cc1. The number of nitrogens with one attached hydrogen (secondary N) is 1. The van der Waals surface area contributed by atoms with Crippen LogP contribution < -0.4 is 10.1 Å². The van der Waals surface area contributed by atoms with Crippen molar-refractivity contribution in [2.75, 3.05) is 19.8 Å². The summed E-state index contributed by atoms with van der Waals surface area (Å²) >= 11 is 0. The molecule has 0 spiro atoms. The van der Waals surface area contributed by atoms with Crippen LogP contribution in [0.3, 0.4) is 0 Å². The van der Waals surface area contributed by atoms with Crippen molar-refractivity contribution in [1.82, 2.24) is 5.32 Å². The Morgan fingerprint density at radius 2 is 2.10 bits per heavy atom. The molecule has 6 heteroatoms. The van der Waals surface area contributed by atoms with Crippen molar-refractivity contribution in [3.05, 3.63) is 29.8 Å². The molecule has 1 fully saturated rings. The van der Waals surface area contributed by atoms with E-state index in [9.17, 15) is 14.7 Å². The molecule has 108 valence electrons. The number of aryl methyl sites for hydroxylation is 1. The molecule has 1 heterocycles. The van der Waals surface area contributed by atoms with E-state index in [-0.39, 0.29) is 19.6 Å². The smallest absolute Gasteiger partial charge is 0.331 e. The standard InChI is InChI=1S/C14H17NO5/c1-10-2-4-11(5-3-10)20-8-12(16)15-14(13(17)18)6-7-19-9-14/h2-5H,6-9H2,1H3,(H,15,16)(H,17,18). The van der Waals surface area contributed by atoms with Gasteiger partial charge in [0.15, 0.2) is 12.1 Å². The predicted molar refractivity (Wildman–Crippen MR) is 70.6 cm³/mol. The molecule has 1 aromatic carbocycles. The van der Waals surface area contributed by atoms with Crippen LogP contribution in [0, 0.1) is 6.92 Å². The molecular weight excluding hydrogens is 262 g/mol. The molecule has 20 heavy (non-hydrogen) atoms. The Kier molecular flexibility index (Phi) is 4.24. The number of amides is 1. The minimum atomic E-state index is -1.33. The average molecular weight is 279 g/mol. The summed E-state index contributed by atoms with van der Waals surface area (Å²) in [5.41, 5.74) is -0.233. The van der Waals surface area contributed by atoms with E-state index in [1.165, 1.54) is 0 Å². The Bertz CT molecular complexity index is 491. The lowest BCUT2D eigenvalue weighted by Gasteiger charge is -2.23. The number of ether oxygens (including phenoxy) is 2. The lowest BCUT2D eigenvalue weighted by Crippen LogP contribution is -2.56. The molecule has 0 aliphatic carbocycles. The van der Waals surface area contributed by atoms with Gasteiger partial charge in [-0.2, -0.15) is 0 Å². The van der Waals surface area contributed by atoms with Crippen molar-refractivity contribution in [2.24, 2.45) is 0 Å². The Morgan fingerprint density at radius 3 is 2.65 bits per heavy atom. The Hall–Kier alpha value is -2.08. The molecule has 0 radical (unpaired) electrons. The van der Waals surface area contributed by atoms with E-state index in [0.717, 1.165) is 5.56 Å². The molecule has 0 bridgehead atoms. The van der Waals surface area contributed by atoms with Gasteiger partial charge in [0, 0.05) is 13.0 Å². The van der Waals surface area contributed by atoms with Crippen LogP contribution in [0.15, 0.2) is 24.3 Å². The summed E-state index contributed by atoms with van der Waals surface area (Å²) < 4.78 is 10.4. The van der Waals surface area contributed by atoms with Crippen LogP contribution in [-0.4, -0.2) is 42.3 Å². The second-order valence-corrected chi connectivity index (χ2v) is 4.84. The maximum absolute atomic E-state index is 11.8. The number of hydrogen-bond donors (Lipinski definition) is 2. The fourth-order valence-corrected chi connectivity index (χ4v) is 1.97. The van der Waals surface area contributed by atoms with E-state index < -0.39 is 17.4 Å². The topological polar surface area (TPSA) is 84.9 Å². The summed E-state index contributed by atoms with van der Waals surface area (Å²) in [6, 6.07) is 7.26. The van der Waals surface area contributed by atoms with Crippen molar-refractivity contribution in [3.8, 4) is 5.75 Å². The first-order chi connectivity index (χ1) is 9.52. The zero-order chi connectivity index (χ0) is 14.6. The second kappa shape index (κ2) is 5.92. The number of carbonyl (C=O) groups is 2. The molecule has 1 aromatic rings. The monoisotopic (exact) mass is 279 g/mol. The van der Waals surface area contributed by atoms with Crippen LogP contribution in [0.5, 0.6) is 5.75 Å². The molecule has 1 aliphatic heterocycles. The Morgan fingerprint density at radius 1 is 1.40 bits per heavy atom. The summed E-state index contributed by atoms with van der Waals surface area (Å²) in [5.74, 6) is -0.991. The lowest BCUT2D eigenvalue weighted by atomic mass is 9.99. The normalized spacial score (nSPS) is 21.4. The van der Waals surface area contributed by atoms with Gasteiger partial charge in [-0.15, -0.1) is 0 Å². The van der Waals surface area contributed by atoms with Crippen LogP contribution in [0.25, 0.3) is 0 Å². The highest BCUT2D eigenvalue weighted by molar-refractivity contribution is 5.88. The summed E-state index contributed by atoms with van der Waals surface area (Å²) in [4.78, 5) is 23.0. The predicted octanol–water partition coefficient (Wildman–Crippen LogP) is 0.734. The first kappa shape index (κ1) is 14.3. The quantitative estimate of drug-likeness (QED) is 0.830. The molecular formula is C14H17NO5. The number of carboxylic acid groups (broad SMARTS) is 1. The highest BCUT2D eigenvalue weighted by Crippen LogP contribution is 2.19. The van der Waals surface area contributed by atoms with E-state index in [0.29, 0.717) is 12.4 Å². The van der Waals surface area contributed by atoms with E-state index in [4.69, 9.17) is 9.47 Å². The maximum Gasteiger partial charge on any atom is 0.331 e. The van der Waals surface area contributed by atoms with Gasteiger partial charge in [-0.1, -0.05) is 17.7 Å². The third-order valence-electron chi connectivity index (χ3n) is 3.20. The van der Waals surface area contributed by atoms with Gasteiger partial charge in [0.1, 0.15) is 5.75 Å². The number of rotatable bonds is 5.